The van der Waals surface area contributed by atoms with Gasteiger partial charge in [0.1, 0.15) is 11.3 Å². The maximum atomic E-state index is 12.9. The van der Waals surface area contributed by atoms with Crippen LogP contribution in [0.15, 0.2) is 42.5 Å². The number of halogens is 3. The van der Waals surface area contributed by atoms with Crippen LogP contribution >= 0.6 is 0 Å². The molecule has 178 valence electrons. The molecule has 2 aromatic carbocycles. The van der Waals surface area contributed by atoms with E-state index in [1.165, 1.54) is 6.07 Å². The van der Waals surface area contributed by atoms with Gasteiger partial charge >= 0.3 is 6.18 Å². The van der Waals surface area contributed by atoms with E-state index in [1.807, 2.05) is 24.3 Å². The number of alkyl halides is 3. The lowest BCUT2D eigenvalue weighted by molar-refractivity contribution is -0.137. The average Bonchev–Trinajstić information content (AvgIpc) is 3.42. The highest BCUT2D eigenvalue weighted by Gasteiger charge is 2.31. The fourth-order valence-corrected chi connectivity index (χ4v) is 4.41. The number of rotatable bonds is 6. The fraction of sp³-hybridized carbons (Fsp3) is 0.391. The molecule has 8 nitrogen and oxygen atoms in total. The van der Waals surface area contributed by atoms with Crippen molar-refractivity contribution in [1.82, 2.24) is 35.2 Å². The molecule has 0 saturated carbocycles. The van der Waals surface area contributed by atoms with Gasteiger partial charge in [-0.15, -0.1) is 5.10 Å². The van der Waals surface area contributed by atoms with E-state index in [9.17, 15) is 18.0 Å². The van der Waals surface area contributed by atoms with Crippen LogP contribution in [0.3, 0.4) is 0 Å². The Morgan fingerprint density at radius 2 is 1.91 bits per heavy atom. The summed E-state index contributed by atoms with van der Waals surface area (Å²) in [4.78, 5) is 22.2. The van der Waals surface area contributed by atoms with E-state index in [1.54, 1.807) is 4.68 Å². The minimum absolute atomic E-state index is 0.0362. The first kappa shape index (κ1) is 22.3. The van der Waals surface area contributed by atoms with Gasteiger partial charge in [0.2, 0.25) is 5.91 Å². The molecule has 1 amide bonds. The predicted octanol–water partition coefficient (Wildman–Crippen LogP) is 3.32. The Bertz CT molecular complexity index is 1270. The highest BCUT2D eigenvalue weighted by atomic mass is 19.4. The molecule has 4 aromatic rings. The van der Waals surface area contributed by atoms with Crippen LogP contribution in [0.4, 0.5) is 13.2 Å². The number of H-pyrrole nitrogens is 1. The summed E-state index contributed by atoms with van der Waals surface area (Å²) in [5.41, 5.74) is 1.99. The van der Waals surface area contributed by atoms with Crippen molar-refractivity contribution in [1.29, 1.82) is 0 Å². The lowest BCUT2D eigenvalue weighted by atomic mass is 10.0. The number of carbonyl (C=O) groups is 1. The number of carbonyl (C=O) groups excluding carboxylic acids is 1. The molecule has 2 N–H and O–H groups in total. The molecule has 5 rings (SSSR count). The summed E-state index contributed by atoms with van der Waals surface area (Å²) in [6, 6.07) is 11.4. The Balaban J connectivity index is 1.10. The number of nitrogens with one attached hydrogen (secondary N) is 2. The second-order valence-electron chi connectivity index (χ2n) is 8.54. The molecule has 0 bridgehead atoms. The second kappa shape index (κ2) is 9.05. The van der Waals surface area contributed by atoms with Crippen LogP contribution < -0.4 is 5.32 Å². The number of fused-ring (bicyclic) bond motifs is 2. The number of para-hydroxylation sites is 2. The molecule has 3 heterocycles. The van der Waals surface area contributed by atoms with E-state index in [4.69, 9.17) is 0 Å². The lowest BCUT2D eigenvalue weighted by Crippen LogP contribution is -2.42. The zero-order valence-electron chi connectivity index (χ0n) is 18.3. The van der Waals surface area contributed by atoms with Crippen LogP contribution in [0.25, 0.3) is 22.1 Å². The maximum Gasteiger partial charge on any atom is 0.416 e. The van der Waals surface area contributed by atoms with Gasteiger partial charge in [0.05, 0.1) is 34.7 Å². The Morgan fingerprint density at radius 1 is 1.12 bits per heavy atom. The number of imidazole rings is 1. The van der Waals surface area contributed by atoms with E-state index in [2.05, 4.69) is 30.5 Å². The van der Waals surface area contributed by atoms with Gasteiger partial charge in [-0.1, -0.05) is 17.3 Å². The van der Waals surface area contributed by atoms with Crippen LogP contribution in [-0.2, 0) is 17.4 Å². The number of benzene rings is 2. The SMILES string of the molecule is O=C(CN1CCC(n2nnc3cc(C(F)(F)F)ccc32)CC1)NCCc1nc2ccccc2[nH]1. The van der Waals surface area contributed by atoms with E-state index in [-0.39, 0.29) is 17.5 Å². The lowest BCUT2D eigenvalue weighted by Gasteiger charge is -2.31. The van der Waals surface area contributed by atoms with Crippen LogP contribution in [0.1, 0.15) is 30.3 Å². The number of amides is 1. The third-order valence-electron chi connectivity index (χ3n) is 6.19. The molecule has 34 heavy (non-hydrogen) atoms. The van der Waals surface area contributed by atoms with Crippen molar-refractivity contribution in [2.24, 2.45) is 0 Å². The standard InChI is InChI=1S/C23H24F3N7O/c24-23(25,26)15-5-6-20-19(13-15)30-31-33(20)16-8-11-32(12-9-16)14-22(34)27-10-7-21-28-17-3-1-2-4-18(17)29-21/h1-6,13,16H,7-12,14H2,(H,27,34)(H,28,29). The van der Waals surface area contributed by atoms with Gasteiger partial charge in [0, 0.05) is 26.1 Å². The first-order valence-electron chi connectivity index (χ1n) is 11.2. The van der Waals surface area contributed by atoms with Crippen molar-refractivity contribution in [2.45, 2.75) is 31.5 Å². The second-order valence-corrected chi connectivity index (χ2v) is 8.54. The van der Waals surface area contributed by atoms with E-state index in [0.717, 1.165) is 41.8 Å². The van der Waals surface area contributed by atoms with Crippen molar-refractivity contribution in [3.63, 3.8) is 0 Å². The van der Waals surface area contributed by atoms with E-state index < -0.39 is 11.7 Å². The maximum absolute atomic E-state index is 12.9. The topological polar surface area (TPSA) is 91.7 Å². The summed E-state index contributed by atoms with van der Waals surface area (Å²) in [5.74, 6) is 0.796. The summed E-state index contributed by atoms with van der Waals surface area (Å²) in [7, 11) is 0. The van der Waals surface area contributed by atoms with Crippen molar-refractivity contribution in [2.75, 3.05) is 26.2 Å². The van der Waals surface area contributed by atoms with Crippen molar-refractivity contribution in [3.8, 4) is 0 Å². The molecule has 1 aliphatic rings. The number of likely N-dealkylation sites (tertiary alicyclic amines) is 1. The van der Waals surface area contributed by atoms with E-state index >= 15 is 0 Å². The van der Waals surface area contributed by atoms with Gasteiger partial charge in [0.25, 0.3) is 0 Å². The summed E-state index contributed by atoms with van der Waals surface area (Å²) >= 11 is 0. The molecular weight excluding hydrogens is 447 g/mol. The minimum atomic E-state index is -4.41. The number of aromatic nitrogens is 5. The molecule has 0 atom stereocenters. The van der Waals surface area contributed by atoms with Crippen molar-refractivity contribution in [3.05, 3.63) is 53.9 Å². The molecule has 1 fully saturated rings. The van der Waals surface area contributed by atoms with Gasteiger partial charge in [-0.25, -0.2) is 9.67 Å². The third-order valence-corrected chi connectivity index (χ3v) is 6.19. The fourth-order valence-electron chi connectivity index (χ4n) is 4.41. The molecule has 0 radical (unpaired) electrons. The summed E-state index contributed by atoms with van der Waals surface area (Å²) < 4.78 is 40.5. The van der Waals surface area contributed by atoms with Crippen molar-refractivity contribution < 1.29 is 18.0 Å². The summed E-state index contributed by atoms with van der Waals surface area (Å²) in [5, 5.41) is 11.0. The van der Waals surface area contributed by atoms with Gasteiger partial charge in [-0.05, 0) is 43.2 Å². The molecule has 1 aliphatic heterocycles. The third kappa shape index (κ3) is 4.74. The molecule has 1 saturated heterocycles. The Labute approximate surface area is 193 Å². The highest BCUT2D eigenvalue weighted by molar-refractivity contribution is 5.78. The smallest absolute Gasteiger partial charge is 0.355 e. The summed E-state index contributed by atoms with van der Waals surface area (Å²) in [6.07, 6.45) is -2.30. The van der Waals surface area contributed by atoms with Gasteiger partial charge < -0.3 is 10.3 Å². The Kier molecular flexibility index (Phi) is 5.94. The van der Waals surface area contributed by atoms with Gasteiger partial charge in [0.15, 0.2) is 0 Å². The Hall–Kier alpha value is -3.47. The zero-order valence-corrected chi connectivity index (χ0v) is 18.3. The highest BCUT2D eigenvalue weighted by Crippen LogP contribution is 2.32. The van der Waals surface area contributed by atoms with Gasteiger partial charge in [-0.3, -0.25) is 9.69 Å². The zero-order chi connectivity index (χ0) is 23.7. The minimum Gasteiger partial charge on any atom is -0.355 e. The van der Waals surface area contributed by atoms with Crippen LogP contribution in [0, 0.1) is 0 Å². The Morgan fingerprint density at radius 3 is 2.68 bits per heavy atom. The summed E-state index contributed by atoms with van der Waals surface area (Å²) in [6.45, 7) is 2.20. The first-order valence-corrected chi connectivity index (χ1v) is 11.2. The molecular formula is C23H24F3N7O. The van der Waals surface area contributed by atoms with E-state index in [0.29, 0.717) is 38.1 Å². The number of aromatic amines is 1. The number of nitrogens with zero attached hydrogens (tertiary/aromatic N) is 5. The average molecular weight is 471 g/mol. The van der Waals surface area contributed by atoms with Gasteiger partial charge in [-0.2, -0.15) is 13.2 Å². The monoisotopic (exact) mass is 471 g/mol. The molecule has 0 spiro atoms. The molecule has 0 aliphatic carbocycles. The molecule has 11 heteroatoms. The first-order chi connectivity index (χ1) is 16.4. The molecule has 2 aromatic heterocycles. The number of hydrogen-bond donors (Lipinski definition) is 2. The normalized spacial score (nSPS) is 15.9. The quantitative estimate of drug-likeness (QED) is 0.450. The molecule has 0 unspecified atom stereocenters. The van der Waals surface area contributed by atoms with Crippen LogP contribution in [-0.4, -0.2) is 61.9 Å². The van der Waals surface area contributed by atoms with Crippen molar-refractivity contribution >= 4 is 28.0 Å². The number of hydrogen-bond acceptors (Lipinski definition) is 5. The predicted molar refractivity (Wildman–Crippen MR) is 120 cm³/mol. The largest absolute Gasteiger partial charge is 0.416 e. The number of piperidine rings is 1. The van der Waals surface area contributed by atoms with Crippen LogP contribution in [0.5, 0.6) is 0 Å². The van der Waals surface area contributed by atoms with Crippen LogP contribution in [0.2, 0.25) is 0 Å².